The van der Waals surface area contributed by atoms with Gasteiger partial charge in [0.1, 0.15) is 12.4 Å². The van der Waals surface area contributed by atoms with Crippen molar-refractivity contribution in [3.8, 4) is 0 Å². The summed E-state index contributed by atoms with van der Waals surface area (Å²) in [5.41, 5.74) is -0.0625. The topological polar surface area (TPSA) is 80.0 Å². The molecular weight excluding hydrogens is 274 g/mol. The Morgan fingerprint density at radius 3 is 2.71 bits per heavy atom. The molecule has 1 aromatic rings. The van der Waals surface area contributed by atoms with Crippen molar-refractivity contribution >= 4 is 11.9 Å². The molecule has 1 aliphatic carbocycles. The van der Waals surface area contributed by atoms with Crippen molar-refractivity contribution < 1.29 is 23.8 Å². The third-order valence-corrected chi connectivity index (χ3v) is 4.69. The maximum absolute atomic E-state index is 12.3. The third kappa shape index (κ3) is 2.55. The van der Waals surface area contributed by atoms with E-state index < -0.39 is 5.97 Å². The van der Waals surface area contributed by atoms with Gasteiger partial charge in [-0.3, -0.25) is 9.59 Å². The number of carboxylic acids is 1. The SMILES string of the molecule is COCc1ccc(C(=O)N2CCC3(CC2)C[C@H]3C(=O)O)o1. The molecular formula is C15H19NO5. The average Bonchev–Trinajstić information content (AvgIpc) is 2.97. The Balaban J connectivity index is 1.59. The average molecular weight is 293 g/mol. The number of likely N-dealkylation sites (tertiary alicyclic amines) is 1. The summed E-state index contributed by atoms with van der Waals surface area (Å²) >= 11 is 0. The first-order valence-corrected chi connectivity index (χ1v) is 7.15. The fraction of sp³-hybridized carbons (Fsp3) is 0.600. The molecule has 1 amide bonds. The number of rotatable bonds is 4. The monoisotopic (exact) mass is 293 g/mol. The molecule has 21 heavy (non-hydrogen) atoms. The molecule has 1 saturated carbocycles. The molecule has 2 heterocycles. The fourth-order valence-electron chi connectivity index (χ4n) is 3.27. The molecule has 1 saturated heterocycles. The zero-order valence-corrected chi connectivity index (χ0v) is 12.0. The molecule has 1 aliphatic heterocycles. The molecule has 6 nitrogen and oxygen atoms in total. The Morgan fingerprint density at radius 2 is 2.14 bits per heavy atom. The van der Waals surface area contributed by atoms with Crippen molar-refractivity contribution in [2.45, 2.75) is 25.9 Å². The second-order valence-electron chi connectivity index (χ2n) is 5.95. The maximum Gasteiger partial charge on any atom is 0.307 e. The minimum absolute atomic E-state index is 0.0625. The fourth-order valence-corrected chi connectivity index (χ4v) is 3.27. The van der Waals surface area contributed by atoms with Crippen LogP contribution in [0.1, 0.15) is 35.6 Å². The van der Waals surface area contributed by atoms with Crippen LogP contribution in [-0.2, 0) is 16.1 Å². The quantitative estimate of drug-likeness (QED) is 0.915. The number of ether oxygens (including phenoxy) is 1. The van der Waals surface area contributed by atoms with Crippen molar-refractivity contribution in [3.05, 3.63) is 23.7 Å². The van der Waals surface area contributed by atoms with Gasteiger partial charge < -0.3 is 19.2 Å². The number of piperidine rings is 1. The molecule has 0 bridgehead atoms. The van der Waals surface area contributed by atoms with Crippen LogP contribution >= 0.6 is 0 Å². The molecule has 1 N–H and O–H groups in total. The van der Waals surface area contributed by atoms with Gasteiger partial charge in [0, 0.05) is 20.2 Å². The standard InChI is InChI=1S/C15H19NO5/c1-20-9-10-2-3-12(21-10)13(17)16-6-4-15(5-7-16)8-11(15)14(18)19/h2-3,11H,4-9H2,1H3,(H,18,19)/t11-/m0/s1. The van der Waals surface area contributed by atoms with E-state index in [0.29, 0.717) is 31.2 Å². The molecule has 0 aromatic carbocycles. The first kappa shape index (κ1) is 14.1. The van der Waals surface area contributed by atoms with Crippen molar-refractivity contribution in [2.75, 3.05) is 20.2 Å². The van der Waals surface area contributed by atoms with Crippen LogP contribution in [0.2, 0.25) is 0 Å². The predicted octanol–water partition coefficient (Wildman–Crippen LogP) is 1.75. The Hall–Kier alpha value is -1.82. The van der Waals surface area contributed by atoms with Gasteiger partial charge in [-0.25, -0.2) is 0 Å². The van der Waals surface area contributed by atoms with Gasteiger partial charge in [-0.05, 0) is 36.8 Å². The van der Waals surface area contributed by atoms with E-state index in [1.54, 1.807) is 24.1 Å². The molecule has 114 valence electrons. The van der Waals surface area contributed by atoms with Gasteiger partial charge in [0.25, 0.3) is 5.91 Å². The highest BCUT2D eigenvalue weighted by molar-refractivity contribution is 5.91. The van der Waals surface area contributed by atoms with Gasteiger partial charge >= 0.3 is 5.97 Å². The van der Waals surface area contributed by atoms with E-state index in [1.807, 2.05) is 0 Å². The first-order valence-electron chi connectivity index (χ1n) is 7.15. The third-order valence-electron chi connectivity index (χ3n) is 4.69. The number of amides is 1. The minimum atomic E-state index is -0.704. The number of hydrogen-bond donors (Lipinski definition) is 1. The Kier molecular flexibility index (Phi) is 3.49. The summed E-state index contributed by atoms with van der Waals surface area (Å²) in [5.74, 6) is -0.0949. The molecule has 0 unspecified atom stereocenters. The van der Waals surface area contributed by atoms with E-state index in [9.17, 15) is 9.59 Å². The Morgan fingerprint density at radius 1 is 1.43 bits per heavy atom. The van der Waals surface area contributed by atoms with E-state index in [-0.39, 0.29) is 17.2 Å². The Labute approximate surface area is 122 Å². The van der Waals surface area contributed by atoms with Crippen molar-refractivity contribution in [1.29, 1.82) is 0 Å². The van der Waals surface area contributed by atoms with Crippen molar-refractivity contribution in [3.63, 3.8) is 0 Å². The lowest BCUT2D eigenvalue weighted by molar-refractivity contribution is -0.139. The second-order valence-corrected chi connectivity index (χ2v) is 5.95. The summed E-state index contributed by atoms with van der Waals surface area (Å²) in [4.78, 5) is 25.1. The molecule has 1 aromatic heterocycles. The zero-order valence-electron chi connectivity index (χ0n) is 12.0. The summed E-state index contributed by atoms with van der Waals surface area (Å²) in [6.07, 6.45) is 2.28. The van der Waals surface area contributed by atoms with E-state index >= 15 is 0 Å². The molecule has 2 aliphatic rings. The van der Waals surface area contributed by atoms with Crippen LogP contribution in [-0.4, -0.2) is 42.1 Å². The summed E-state index contributed by atoms with van der Waals surface area (Å²) < 4.78 is 10.4. The van der Waals surface area contributed by atoms with E-state index in [2.05, 4.69) is 0 Å². The molecule has 0 radical (unpaired) electrons. The lowest BCUT2D eigenvalue weighted by atomic mass is 9.90. The number of furan rings is 1. The molecule has 2 fully saturated rings. The molecule has 1 atom stereocenters. The number of aliphatic carboxylic acids is 1. The highest BCUT2D eigenvalue weighted by atomic mass is 16.5. The minimum Gasteiger partial charge on any atom is -0.481 e. The number of carboxylic acid groups (broad SMARTS) is 1. The molecule has 6 heteroatoms. The van der Waals surface area contributed by atoms with Crippen LogP contribution in [0.15, 0.2) is 16.5 Å². The van der Waals surface area contributed by atoms with Crippen LogP contribution < -0.4 is 0 Å². The lowest BCUT2D eigenvalue weighted by Gasteiger charge is -2.32. The van der Waals surface area contributed by atoms with E-state index in [4.69, 9.17) is 14.3 Å². The normalized spacial score (nSPS) is 23.3. The number of nitrogens with zero attached hydrogens (tertiary/aromatic N) is 1. The van der Waals surface area contributed by atoms with Crippen molar-refractivity contribution in [1.82, 2.24) is 4.90 Å². The number of carbonyl (C=O) groups is 2. The van der Waals surface area contributed by atoms with Crippen LogP contribution in [0.25, 0.3) is 0 Å². The van der Waals surface area contributed by atoms with Crippen LogP contribution in [0.4, 0.5) is 0 Å². The predicted molar refractivity (Wildman–Crippen MR) is 72.7 cm³/mol. The summed E-state index contributed by atoms with van der Waals surface area (Å²) in [6, 6.07) is 3.40. The van der Waals surface area contributed by atoms with Crippen LogP contribution in [0.3, 0.4) is 0 Å². The van der Waals surface area contributed by atoms with Gasteiger partial charge in [-0.1, -0.05) is 0 Å². The lowest BCUT2D eigenvalue weighted by Crippen LogP contribution is -2.39. The maximum atomic E-state index is 12.3. The van der Waals surface area contributed by atoms with Gasteiger partial charge in [0.2, 0.25) is 0 Å². The van der Waals surface area contributed by atoms with Gasteiger partial charge in [0.05, 0.1) is 5.92 Å². The van der Waals surface area contributed by atoms with Crippen LogP contribution in [0.5, 0.6) is 0 Å². The summed E-state index contributed by atoms with van der Waals surface area (Å²) in [6.45, 7) is 1.54. The number of methoxy groups -OCH3 is 1. The van der Waals surface area contributed by atoms with Gasteiger partial charge in [0.15, 0.2) is 5.76 Å². The molecule has 1 spiro atoms. The van der Waals surface area contributed by atoms with E-state index in [0.717, 1.165) is 19.3 Å². The van der Waals surface area contributed by atoms with Gasteiger partial charge in [-0.15, -0.1) is 0 Å². The summed E-state index contributed by atoms with van der Waals surface area (Å²) in [7, 11) is 1.57. The second kappa shape index (κ2) is 5.18. The first-order chi connectivity index (χ1) is 10.1. The largest absolute Gasteiger partial charge is 0.481 e. The summed E-state index contributed by atoms with van der Waals surface area (Å²) in [5, 5.41) is 9.07. The van der Waals surface area contributed by atoms with Crippen molar-refractivity contribution in [2.24, 2.45) is 11.3 Å². The number of carbonyl (C=O) groups excluding carboxylic acids is 1. The highest BCUT2D eigenvalue weighted by Crippen LogP contribution is 2.59. The van der Waals surface area contributed by atoms with E-state index in [1.165, 1.54) is 0 Å². The van der Waals surface area contributed by atoms with Crippen LogP contribution in [0, 0.1) is 11.3 Å². The highest BCUT2D eigenvalue weighted by Gasteiger charge is 2.59. The number of hydrogen-bond acceptors (Lipinski definition) is 4. The Bertz CT molecular complexity index is 556. The zero-order chi connectivity index (χ0) is 15.0. The smallest absolute Gasteiger partial charge is 0.307 e. The van der Waals surface area contributed by atoms with Gasteiger partial charge in [-0.2, -0.15) is 0 Å². The molecule has 3 rings (SSSR count).